The lowest BCUT2D eigenvalue weighted by molar-refractivity contribution is -0.149. The van der Waals surface area contributed by atoms with E-state index < -0.39 is 29.7 Å². The third-order valence-corrected chi connectivity index (χ3v) is 4.26. The van der Waals surface area contributed by atoms with Gasteiger partial charge in [-0.1, -0.05) is 19.2 Å². The number of nitrogens with two attached hydrogens (primary N) is 1. The molecule has 1 fully saturated rings. The first-order valence-electron chi connectivity index (χ1n) is 8.46. The second-order valence-electron chi connectivity index (χ2n) is 6.05. The Morgan fingerprint density at radius 1 is 1.27 bits per heavy atom. The van der Waals surface area contributed by atoms with Crippen molar-refractivity contribution in [2.75, 3.05) is 19.8 Å². The zero-order valence-electron chi connectivity index (χ0n) is 14.6. The largest absolute Gasteiger partial charge is 0.380 e. The molecule has 0 bridgehead atoms. The van der Waals surface area contributed by atoms with Crippen molar-refractivity contribution in [1.29, 1.82) is 0 Å². The van der Waals surface area contributed by atoms with Crippen LogP contribution in [0, 0.1) is 0 Å². The molecule has 0 saturated carbocycles. The Balaban J connectivity index is 2.12. The first-order valence-corrected chi connectivity index (χ1v) is 8.46. The predicted molar refractivity (Wildman–Crippen MR) is 93.5 cm³/mol. The number of nitrogens with zero attached hydrogens (tertiary/aromatic N) is 1. The smallest absolute Gasteiger partial charge is 0.262 e. The molecule has 0 aromatic rings. The monoisotopic (exact) mass is 361 g/mol. The third-order valence-electron chi connectivity index (χ3n) is 4.26. The molecule has 3 N–H and O–H groups in total. The van der Waals surface area contributed by atoms with Crippen LogP contribution in [0.1, 0.15) is 25.7 Å². The van der Waals surface area contributed by atoms with Gasteiger partial charge in [0.15, 0.2) is 0 Å². The lowest BCUT2D eigenvalue weighted by Crippen LogP contribution is -2.54. The van der Waals surface area contributed by atoms with Gasteiger partial charge in [-0.3, -0.25) is 29.4 Å². The van der Waals surface area contributed by atoms with Crippen LogP contribution < -0.4 is 11.1 Å². The topological polar surface area (TPSA) is 119 Å². The minimum absolute atomic E-state index is 0.0751. The van der Waals surface area contributed by atoms with Crippen molar-refractivity contribution in [2.24, 2.45) is 5.73 Å². The number of nitrogens with one attached hydrogen (secondary N) is 1. The summed E-state index contributed by atoms with van der Waals surface area (Å²) in [7, 11) is 0. The predicted octanol–water partition coefficient (Wildman–Crippen LogP) is -0.0453. The van der Waals surface area contributed by atoms with Gasteiger partial charge in [0.2, 0.25) is 11.8 Å². The van der Waals surface area contributed by atoms with Crippen molar-refractivity contribution in [1.82, 2.24) is 10.2 Å². The number of hydrogen-bond acceptors (Lipinski definition) is 6. The van der Waals surface area contributed by atoms with Crippen LogP contribution in [0.3, 0.4) is 0 Å². The summed E-state index contributed by atoms with van der Waals surface area (Å²) >= 11 is 0. The Morgan fingerprint density at radius 3 is 2.62 bits per heavy atom. The third kappa shape index (κ3) is 3.97. The Hall–Kier alpha value is -2.58. The highest BCUT2D eigenvalue weighted by Gasteiger charge is 2.45. The van der Waals surface area contributed by atoms with E-state index in [0.29, 0.717) is 38.2 Å². The van der Waals surface area contributed by atoms with Gasteiger partial charge in [0.25, 0.3) is 11.8 Å². The minimum atomic E-state index is -0.999. The number of carbonyl (C=O) groups excluding carboxylic acids is 4. The van der Waals surface area contributed by atoms with Crippen molar-refractivity contribution in [3.05, 3.63) is 36.0 Å². The average Bonchev–Trinajstić information content (AvgIpc) is 2.85. The molecule has 0 aromatic heterocycles. The summed E-state index contributed by atoms with van der Waals surface area (Å²) in [5, 5.41) is 2.16. The minimum Gasteiger partial charge on any atom is -0.380 e. The molecule has 0 spiro atoms. The summed E-state index contributed by atoms with van der Waals surface area (Å²) in [6.07, 6.45) is 2.56. The SMILES string of the molecule is C=CC1=C(C(=C)CCCOCCN)C(=O)N(C2CCC(=O)NC2=O)C1=O. The summed E-state index contributed by atoms with van der Waals surface area (Å²) in [6.45, 7) is 8.86. The lowest BCUT2D eigenvalue weighted by Gasteiger charge is -2.28. The molecule has 26 heavy (non-hydrogen) atoms. The number of imide groups is 2. The van der Waals surface area contributed by atoms with Crippen LogP contribution in [0.5, 0.6) is 0 Å². The van der Waals surface area contributed by atoms with Crippen LogP contribution in [0.15, 0.2) is 36.0 Å². The second-order valence-corrected chi connectivity index (χ2v) is 6.05. The fourth-order valence-electron chi connectivity index (χ4n) is 3.01. The van der Waals surface area contributed by atoms with Gasteiger partial charge in [-0.2, -0.15) is 0 Å². The highest BCUT2D eigenvalue weighted by Crippen LogP contribution is 2.31. The number of carbonyl (C=O) groups is 4. The van der Waals surface area contributed by atoms with E-state index in [1.165, 1.54) is 6.08 Å². The van der Waals surface area contributed by atoms with Crippen LogP contribution in [-0.2, 0) is 23.9 Å². The summed E-state index contributed by atoms with van der Waals surface area (Å²) in [5.74, 6) is -2.22. The number of hydrogen-bond donors (Lipinski definition) is 2. The Morgan fingerprint density at radius 2 is 2.00 bits per heavy atom. The molecule has 1 atom stereocenters. The van der Waals surface area contributed by atoms with Gasteiger partial charge in [-0.05, 0) is 24.8 Å². The molecular weight excluding hydrogens is 338 g/mol. The molecule has 8 heteroatoms. The average molecular weight is 361 g/mol. The van der Waals surface area contributed by atoms with Crippen molar-refractivity contribution in [3.63, 3.8) is 0 Å². The van der Waals surface area contributed by atoms with E-state index in [4.69, 9.17) is 10.5 Å². The van der Waals surface area contributed by atoms with Gasteiger partial charge in [0.1, 0.15) is 6.04 Å². The van der Waals surface area contributed by atoms with Crippen LogP contribution in [-0.4, -0.2) is 54.3 Å². The van der Waals surface area contributed by atoms with Gasteiger partial charge >= 0.3 is 0 Å². The Kier molecular flexibility index (Phi) is 6.59. The number of amides is 4. The van der Waals surface area contributed by atoms with Gasteiger partial charge < -0.3 is 10.5 Å². The maximum absolute atomic E-state index is 12.8. The zero-order valence-corrected chi connectivity index (χ0v) is 14.6. The molecule has 2 aliphatic rings. The first kappa shape index (κ1) is 19.7. The van der Waals surface area contributed by atoms with Gasteiger partial charge in [0.05, 0.1) is 17.8 Å². The quantitative estimate of drug-likeness (QED) is 0.439. The molecule has 4 amide bonds. The molecule has 2 heterocycles. The summed E-state index contributed by atoms with van der Waals surface area (Å²) in [6, 6.07) is -0.999. The van der Waals surface area contributed by atoms with E-state index >= 15 is 0 Å². The fourth-order valence-corrected chi connectivity index (χ4v) is 3.01. The lowest BCUT2D eigenvalue weighted by atomic mass is 9.99. The van der Waals surface area contributed by atoms with Crippen molar-refractivity contribution < 1.29 is 23.9 Å². The van der Waals surface area contributed by atoms with Crippen LogP contribution in [0.25, 0.3) is 0 Å². The van der Waals surface area contributed by atoms with Crippen LogP contribution in [0.4, 0.5) is 0 Å². The second kappa shape index (κ2) is 8.68. The number of rotatable bonds is 9. The van der Waals surface area contributed by atoms with Gasteiger partial charge in [-0.15, -0.1) is 0 Å². The zero-order chi connectivity index (χ0) is 19.3. The van der Waals surface area contributed by atoms with Gasteiger partial charge in [0, 0.05) is 19.6 Å². The van der Waals surface area contributed by atoms with Crippen molar-refractivity contribution in [3.8, 4) is 0 Å². The molecular formula is C18H23N3O5. The van der Waals surface area contributed by atoms with Crippen molar-refractivity contribution in [2.45, 2.75) is 31.7 Å². The Bertz CT molecular complexity index is 695. The summed E-state index contributed by atoms with van der Waals surface area (Å²) in [5.41, 5.74) is 6.14. The molecule has 0 radical (unpaired) electrons. The highest BCUT2D eigenvalue weighted by molar-refractivity contribution is 6.24. The fraction of sp³-hybridized carbons (Fsp3) is 0.444. The molecule has 2 rings (SSSR count). The Labute approximate surface area is 151 Å². The molecule has 140 valence electrons. The maximum atomic E-state index is 12.8. The van der Waals surface area contributed by atoms with E-state index in [1.54, 1.807) is 0 Å². The summed E-state index contributed by atoms with van der Waals surface area (Å²) in [4.78, 5) is 49.7. The number of ether oxygens (including phenoxy) is 1. The molecule has 0 aromatic carbocycles. The number of piperidine rings is 1. The van der Waals surface area contributed by atoms with E-state index in [9.17, 15) is 19.2 Å². The van der Waals surface area contributed by atoms with E-state index in [1.807, 2.05) is 0 Å². The first-order chi connectivity index (χ1) is 12.4. The van der Waals surface area contributed by atoms with Crippen LogP contribution >= 0.6 is 0 Å². The van der Waals surface area contributed by atoms with Crippen molar-refractivity contribution >= 4 is 23.6 Å². The van der Waals surface area contributed by atoms with E-state index in [2.05, 4.69) is 18.5 Å². The molecule has 8 nitrogen and oxygen atoms in total. The molecule has 1 unspecified atom stereocenters. The maximum Gasteiger partial charge on any atom is 0.262 e. The normalized spacial score (nSPS) is 20.7. The molecule has 1 saturated heterocycles. The standard InChI is InChI=1S/C18H23N3O5/c1-3-12-15(11(2)5-4-9-26-10-8-19)18(25)21(17(12)24)13-6-7-14(22)20-16(13)23/h3,13H,1-2,4-10,19H2,(H,20,22,23). The molecule has 2 aliphatic heterocycles. The van der Waals surface area contributed by atoms with Gasteiger partial charge in [-0.25, -0.2) is 0 Å². The molecule has 0 aliphatic carbocycles. The van der Waals surface area contributed by atoms with E-state index in [0.717, 1.165) is 4.90 Å². The summed E-state index contributed by atoms with van der Waals surface area (Å²) < 4.78 is 5.29. The van der Waals surface area contributed by atoms with Crippen LogP contribution in [0.2, 0.25) is 0 Å². The highest BCUT2D eigenvalue weighted by atomic mass is 16.5. The van der Waals surface area contributed by atoms with E-state index in [-0.39, 0.29) is 24.0 Å².